The Labute approximate surface area is 194 Å². The molecule has 29 heavy (non-hydrogen) atoms. The van der Waals surface area contributed by atoms with Crippen LogP contribution >= 0.6 is 24.0 Å². The largest absolute Gasteiger partial charge is 0.361 e. The van der Waals surface area contributed by atoms with Crippen molar-refractivity contribution >= 4 is 29.9 Å². The second-order valence-electron chi connectivity index (χ2n) is 7.34. The molecule has 0 amide bonds. The third kappa shape index (κ3) is 8.80. The average Bonchev–Trinajstić information content (AvgIpc) is 3.14. The van der Waals surface area contributed by atoms with Gasteiger partial charge in [-0.15, -0.1) is 24.0 Å². The van der Waals surface area contributed by atoms with Crippen molar-refractivity contribution in [3.05, 3.63) is 17.0 Å². The van der Waals surface area contributed by atoms with Crippen LogP contribution in [0, 0.1) is 0 Å². The van der Waals surface area contributed by atoms with Gasteiger partial charge in [0.25, 0.3) is 0 Å². The number of nitrogens with zero attached hydrogens (tertiary/aromatic N) is 4. The lowest BCUT2D eigenvalue weighted by Gasteiger charge is -2.34. The van der Waals surface area contributed by atoms with Gasteiger partial charge in [-0.25, -0.2) is 4.99 Å². The van der Waals surface area contributed by atoms with E-state index in [9.17, 15) is 0 Å². The Morgan fingerprint density at radius 1 is 1.00 bits per heavy atom. The van der Waals surface area contributed by atoms with Crippen LogP contribution in [-0.4, -0.2) is 73.3 Å². The van der Waals surface area contributed by atoms with Crippen LogP contribution in [0.25, 0.3) is 0 Å². The predicted octanol–water partition coefficient (Wildman–Crippen LogP) is 2.89. The van der Waals surface area contributed by atoms with Crippen molar-refractivity contribution in [2.75, 3.05) is 52.4 Å². The number of rotatable bonds is 11. The number of aromatic nitrogens is 1. The third-order valence-corrected chi connectivity index (χ3v) is 5.45. The minimum Gasteiger partial charge on any atom is -0.361 e. The van der Waals surface area contributed by atoms with Gasteiger partial charge in [-0.2, -0.15) is 0 Å². The van der Waals surface area contributed by atoms with Crippen LogP contribution in [0.5, 0.6) is 0 Å². The fourth-order valence-corrected chi connectivity index (χ4v) is 3.61. The van der Waals surface area contributed by atoms with Crippen LogP contribution in [0.3, 0.4) is 0 Å². The smallest absolute Gasteiger partial charge is 0.191 e. The minimum absolute atomic E-state index is 0. The monoisotopic (exact) mass is 520 g/mol. The van der Waals surface area contributed by atoms with Crippen molar-refractivity contribution < 1.29 is 4.52 Å². The Bertz CT molecular complexity index is 562. The first-order valence-corrected chi connectivity index (χ1v) is 11.1. The molecular weight excluding hydrogens is 479 g/mol. The lowest BCUT2D eigenvalue weighted by atomic mass is 10.1. The van der Waals surface area contributed by atoms with Crippen molar-refractivity contribution in [1.29, 1.82) is 0 Å². The summed E-state index contributed by atoms with van der Waals surface area (Å²) in [7, 11) is 0. The number of guanidine groups is 1. The Hall–Kier alpha value is -0.870. The molecule has 0 spiro atoms. The molecule has 0 aromatic carbocycles. The van der Waals surface area contributed by atoms with E-state index in [1.165, 1.54) is 45.7 Å². The number of hydrogen-bond donors (Lipinski definition) is 2. The summed E-state index contributed by atoms with van der Waals surface area (Å²) in [6.07, 6.45) is 4.12. The summed E-state index contributed by atoms with van der Waals surface area (Å²) >= 11 is 0. The van der Waals surface area contributed by atoms with E-state index < -0.39 is 0 Å². The van der Waals surface area contributed by atoms with Crippen molar-refractivity contribution in [3.63, 3.8) is 0 Å². The first-order valence-electron chi connectivity index (χ1n) is 11.1. The van der Waals surface area contributed by atoms with Gasteiger partial charge in [0.05, 0.1) is 12.2 Å². The Morgan fingerprint density at radius 2 is 1.72 bits per heavy atom. The molecule has 0 saturated carbocycles. The second kappa shape index (κ2) is 15.0. The zero-order valence-corrected chi connectivity index (χ0v) is 21.1. The molecule has 2 heterocycles. The summed E-state index contributed by atoms with van der Waals surface area (Å²) in [5.41, 5.74) is 2.17. The van der Waals surface area contributed by atoms with E-state index in [1.54, 1.807) is 0 Å². The van der Waals surface area contributed by atoms with Crippen LogP contribution < -0.4 is 10.6 Å². The number of aryl methyl sites for hydroxylation is 2. The molecule has 0 atom stereocenters. The van der Waals surface area contributed by atoms with Gasteiger partial charge in [0.15, 0.2) is 5.96 Å². The number of unbranched alkanes of at least 4 members (excludes halogenated alkanes) is 1. The third-order valence-electron chi connectivity index (χ3n) is 5.45. The van der Waals surface area contributed by atoms with E-state index in [1.807, 2.05) is 0 Å². The molecule has 2 N–H and O–H groups in total. The summed E-state index contributed by atoms with van der Waals surface area (Å²) in [5.74, 6) is 1.84. The number of hydrogen-bond acceptors (Lipinski definition) is 5. The van der Waals surface area contributed by atoms with Gasteiger partial charge in [-0.1, -0.05) is 25.9 Å². The maximum atomic E-state index is 5.44. The molecule has 0 bridgehead atoms. The van der Waals surface area contributed by atoms with Gasteiger partial charge < -0.3 is 25.0 Å². The minimum atomic E-state index is 0. The summed E-state index contributed by atoms with van der Waals surface area (Å²) in [5, 5.41) is 11.0. The summed E-state index contributed by atoms with van der Waals surface area (Å²) in [4.78, 5) is 9.88. The topological polar surface area (TPSA) is 68.9 Å². The molecule has 7 nitrogen and oxygen atoms in total. The predicted molar refractivity (Wildman–Crippen MR) is 131 cm³/mol. The number of likely N-dealkylation sites (N-methyl/N-ethyl adjacent to an activating group) is 1. The van der Waals surface area contributed by atoms with E-state index in [0.29, 0.717) is 6.54 Å². The Morgan fingerprint density at radius 3 is 2.34 bits per heavy atom. The number of aliphatic imine (C=N–C) groups is 1. The molecule has 1 aromatic rings. The SMILES string of the molecule is CCNC(=NCc1c(CC)noc1CC)NCCCCN1CCN(CC)CC1.I. The van der Waals surface area contributed by atoms with Gasteiger partial charge in [0.1, 0.15) is 5.76 Å². The van der Waals surface area contributed by atoms with Crippen molar-refractivity contribution in [2.45, 2.75) is 59.9 Å². The molecule has 1 fully saturated rings. The fourth-order valence-electron chi connectivity index (χ4n) is 3.61. The van der Waals surface area contributed by atoms with Gasteiger partial charge in [0, 0.05) is 51.3 Å². The van der Waals surface area contributed by atoms with E-state index in [0.717, 1.165) is 55.3 Å². The van der Waals surface area contributed by atoms with Gasteiger partial charge in [0.2, 0.25) is 0 Å². The highest BCUT2D eigenvalue weighted by atomic mass is 127. The van der Waals surface area contributed by atoms with E-state index >= 15 is 0 Å². The molecule has 1 aliphatic heterocycles. The molecule has 1 saturated heterocycles. The zero-order chi connectivity index (χ0) is 20.2. The molecule has 1 aromatic heterocycles. The van der Waals surface area contributed by atoms with Gasteiger partial charge in [-0.05, 0) is 39.3 Å². The number of piperazine rings is 1. The van der Waals surface area contributed by atoms with Crippen LogP contribution in [0.4, 0.5) is 0 Å². The molecule has 0 unspecified atom stereocenters. The highest BCUT2D eigenvalue weighted by molar-refractivity contribution is 14.0. The number of nitrogens with one attached hydrogen (secondary N) is 2. The molecule has 168 valence electrons. The van der Waals surface area contributed by atoms with Crippen LogP contribution in [-0.2, 0) is 19.4 Å². The lowest BCUT2D eigenvalue weighted by molar-refractivity contribution is 0.136. The highest BCUT2D eigenvalue weighted by Crippen LogP contribution is 2.16. The quantitative estimate of drug-likeness (QED) is 0.203. The standard InChI is InChI=1S/C21H40N6O.HI/c1-5-19-18(20(6-2)28-25-19)17-24-21(22-7-3)23-11-9-10-12-27-15-13-26(8-4)14-16-27;/h5-17H2,1-4H3,(H2,22,23,24);1H. The Kier molecular flexibility index (Phi) is 13.5. The lowest BCUT2D eigenvalue weighted by Crippen LogP contribution is -2.46. The van der Waals surface area contributed by atoms with Crippen LogP contribution in [0.2, 0.25) is 0 Å². The van der Waals surface area contributed by atoms with E-state index in [2.05, 4.69) is 53.3 Å². The Balaban J connectivity index is 0.00000420. The average molecular weight is 521 g/mol. The maximum Gasteiger partial charge on any atom is 0.191 e. The van der Waals surface area contributed by atoms with Gasteiger partial charge >= 0.3 is 0 Å². The highest BCUT2D eigenvalue weighted by Gasteiger charge is 2.15. The summed E-state index contributed by atoms with van der Waals surface area (Å²) in [6, 6.07) is 0. The molecule has 1 aliphatic rings. The first-order chi connectivity index (χ1) is 13.7. The van der Waals surface area contributed by atoms with Gasteiger partial charge in [-0.3, -0.25) is 0 Å². The molecule has 0 radical (unpaired) electrons. The summed E-state index contributed by atoms with van der Waals surface area (Å²) in [6.45, 7) is 18.2. The van der Waals surface area contributed by atoms with E-state index in [4.69, 9.17) is 9.52 Å². The van der Waals surface area contributed by atoms with Crippen LogP contribution in [0.15, 0.2) is 9.52 Å². The van der Waals surface area contributed by atoms with Crippen LogP contribution in [0.1, 0.15) is 57.6 Å². The first kappa shape index (κ1) is 26.2. The normalized spacial score (nSPS) is 15.9. The molecule has 0 aliphatic carbocycles. The van der Waals surface area contributed by atoms with E-state index in [-0.39, 0.29) is 24.0 Å². The second-order valence-corrected chi connectivity index (χ2v) is 7.34. The fraction of sp³-hybridized carbons (Fsp3) is 0.810. The van der Waals surface area contributed by atoms with Crippen molar-refractivity contribution in [2.24, 2.45) is 4.99 Å². The van der Waals surface area contributed by atoms with Crippen molar-refractivity contribution in [1.82, 2.24) is 25.6 Å². The summed E-state index contributed by atoms with van der Waals surface area (Å²) < 4.78 is 5.44. The molecule has 2 rings (SSSR count). The number of halogens is 1. The zero-order valence-electron chi connectivity index (χ0n) is 18.8. The maximum absolute atomic E-state index is 5.44. The van der Waals surface area contributed by atoms with Crippen molar-refractivity contribution in [3.8, 4) is 0 Å². The molecule has 8 heteroatoms. The molecular formula is C21H41IN6O.